The number of anilines is 1. The Balaban J connectivity index is 1.57. The van der Waals surface area contributed by atoms with Gasteiger partial charge in [0.15, 0.2) is 0 Å². The first kappa shape index (κ1) is 11.7. The summed E-state index contributed by atoms with van der Waals surface area (Å²) in [7, 11) is 0. The van der Waals surface area contributed by atoms with Gasteiger partial charge in [0.1, 0.15) is 17.7 Å². The van der Waals surface area contributed by atoms with Gasteiger partial charge in [0, 0.05) is 38.1 Å². The highest BCUT2D eigenvalue weighted by Gasteiger charge is 2.18. The van der Waals surface area contributed by atoms with Crippen LogP contribution >= 0.6 is 0 Å². The fourth-order valence-corrected chi connectivity index (χ4v) is 2.40. The zero-order valence-electron chi connectivity index (χ0n) is 10.6. The Bertz CT molecular complexity index is 593. The van der Waals surface area contributed by atoms with Crippen molar-refractivity contribution < 1.29 is 0 Å². The normalized spacial score (nSPS) is 17.5. The van der Waals surface area contributed by atoms with E-state index >= 15 is 0 Å². The quantitative estimate of drug-likeness (QED) is 0.906. The van der Waals surface area contributed by atoms with Gasteiger partial charge in [-0.1, -0.05) is 0 Å². The standard InChI is InChI=1S/C14H15N5/c15-8-12-1-2-13(18-10-12)17-9-11-3-5-19-6-4-16-14(19)7-11/h1-2,4,6,10-11H,3,5,7,9H2,(H,17,18). The fraction of sp³-hybridized carbons (Fsp3) is 0.357. The maximum Gasteiger partial charge on any atom is 0.125 e. The van der Waals surface area contributed by atoms with Crippen LogP contribution in [0.3, 0.4) is 0 Å². The number of nitriles is 1. The number of hydrogen-bond donors (Lipinski definition) is 1. The molecule has 1 unspecified atom stereocenters. The van der Waals surface area contributed by atoms with Gasteiger partial charge in [-0.3, -0.25) is 0 Å². The van der Waals surface area contributed by atoms with Gasteiger partial charge in [0.2, 0.25) is 0 Å². The lowest BCUT2D eigenvalue weighted by Crippen LogP contribution is -2.25. The molecule has 5 nitrogen and oxygen atoms in total. The van der Waals surface area contributed by atoms with E-state index in [1.807, 2.05) is 18.5 Å². The second kappa shape index (κ2) is 5.11. The predicted octanol–water partition coefficient (Wildman–Crippen LogP) is 1.82. The number of nitrogens with one attached hydrogen (secondary N) is 1. The SMILES string of the molecule is N#Cc1ccc(NCC2CCn3ccnc3C2)nc1. The molecule has 1 atom stereocenters. The third-order valence-electron chi connectivity index (χ3n) is 3.52. The Kier molecular flexibility index (Phi) is 3.15. The third kappa shape index (κ3) is 2.58. The van der Waals surface area contributed by atoms with Gasteiger partial charge in [-0.05, 0) is 24.5 Å². The molecule has 0 spiro atoms. The number of nitrogens with zero attached hydrogens (tertiary/aromatic N) is 4. The lowest BCUT2D eigenvalue weighted by atomic mass is 9.98. The summed E-state index contributed by atoms with van der Waals surface area (Å²) in [5.41, 5.74) is 0.588. The van der Waals surface area contributed by atoms with Crippen molar-refractivity contribution in [1.29, 1.82) is 5.26 Å². The van der Waals surface area contributed by atoms with E-state index in [0.29, 0.717) is 11.5 Å². The Morgan fingerprint density at radius 2 is 2.37 bits per heavy atom. The molecule has 1 N–H and O–H groups in total. The van der Waals surface area contributed by atoms with Crippen LogP contribution in [0.25, 0.3) is 0 Å². The molecular formula is C14H15N5. The average molecular weight is 253 g/mol. The van der Waals surface area contributed by atoms with Crippen LogP contribution in [-0.4, -0.2) is 21.1 Å². The second-order valence-electron chi connectivity index (χ2n) is 4.82. The molecular weight excluding hydrogens is 238 g/mol. The van der Waals surface area contributed by atoms with Gasteiger partial charge in [0.25, 0.3) is 0 Å². The molecule has 2 aromatic rings. The van der Waals surface area contributed by atoms with Gasteiger partial charge in [0.05, 0.1) is 5.56 Å². The molecule has 5 heteroatoms. The van der Waals surface area contributed by atoms with Crippen molar-refractivity contribution in [2.75, 3.05) is 11.9 Å². The number of hydrogen-bond acceptors (Lipinski definition) is 4. The highest BCUT2D eigenvalue weighted by Crippen LogP contribution is 2.19. The van der Waals surface area contributed by atoms with E-state index in [2.05, 4.69) is 25.9 Å². The van der Waals surface area contributed by atoms with Crippen molar-refractivity contribution in [1.82, 2.24) is 14.5 Å². The van der Waals surface area contributed by atoms with Crippen LogP contribution in [0.5, 0.6) is 0 Å². The Morgan fingerprint density at radius 1 is 1.42 bits per heavy atom. The van der Waals surface area contributed by atoms with E-state index in [4.69, 9.17) is 5.26 Å². The fourth-order valence-electron chi connectivity index (χ4n) is 2.40. The number of imidazole rings is 1. The molecule has 19 heavy (non-hydrogen) atoms. The summed E-state index contributed by atoms with van der Waals surface area (Å²) >= 11 is 0. The molecule has 0 aromatic carbocycles. The number of rotatable bonds is 3. The predicted molar refractivity (Wildman–Crippen MR) is 71.5 cm³/mol. The van der Waals surface area contributed by atoms with Gasteiger partial charge in [-0.2, -0.15) is 5.26 Å². The van der Waals surface area contributed by atoms with Gasteiger partial charge in [-0.25, -0.2) is 9.97 Å². The summed E-state index contributed by atoms with van der Waals surface area (Å²) in [5, 5.41) is 12.0. The van der Waals surface area contributed by atoms with E-state index in [1.165, 1.54) is 5.82 Å². The van der Waals surface area contributed by atoms with Gasteiger partial charge >= 0.3 is 0 Å². The van der Waals surface area contributed by atoms with E-state index < -0.39 is 0 Å². The molecule has 0 bridgehead atoms. The molecule has 0 amide bonds. The minimum Gasteiger partial charge on any atom is -0.370 e. The lowest BCUT2D eigenvalue weighted by Gasteiger charge is -2.23. The zero-order chi connectivity index (χ0) is 13.1. The first-order valence-electron chi connectivity index (χ1n) is 6.45. The summed E-state index contributed by atoms with van der Waals surface area (Å²) in [6.07, 6.45) is 7.67. The summed E-state index contributed by atoms with van der Waals surface area (Å²) in [5.74, 6) is 2.59. The topological polar surface area (TPSA) is 66.5 Å². The van der Waals surface area contributed by atoms with Crippen LogP contribution in [0.1, 0.15) is 17.8 Å². The van der Waals surface area contributed by atoms with Crippen molar-refractivity contribution in [2.45, 2.75) is 19.4 Å². The number of aromatic nitrogens is 3. The molecule has 96 valence electrons. The van der Waals surface area contributed by atoms with Crippen LogP contribution < -0.4 is 5.32 Å². The maximum absolute atomic E-state index is 8.72. The highest BCUT2D eigenvalue weighted by atomic mass is 15.1. The molecule has 2 aromatic heterocycles. The maximum atomic E-state index is 8.72. The van der Waals surface area contributed by atoms with E-state index in [-0.39, 0.29) is 0 Å². The molecule has 0 radical (unpaired) electrons. The molecule has 0 fully saturated rings. The monoisotopic (exact) mass is 253 g/mol. The van der Waals surface area contributed by atoms with Crippen molar-refractivity contribution in [3.05, 3.63) is 42.1 Å². The number of pyridine rings is 1. The number of aryl methyl sites for hydroxylation is 1. The highest BCUT2D eigenvalue weighted by molar-refractivity contribution is 5.38. The first-order chi connectivity index (χ1) is 9.35. The Labute approximate surface area is 111 Å². The zero-order valence-corrected chi connectivity index (χ0v) is 10.6. The molecule has 1 aliphatic rings. The summed E-state index contributed by atoms with van der Waals surface area (Å²) < 4.78 is 2.22. The van der Waals surface area contributed by atoms with Gasteiger partial charge in [-0.15, -0.1) is 0 Å². The Hall–Kier alpha value is -2.35. The second-order valence-corrected chi connectivity index (χ2v) is 4.82. The Morgan fingerprint density at radius 3 is 3.16 bits per heavy atom. The van der Waals surface area contributed by atoms with Gasteiger partial charge < -0.3 is 9.88 Å². The summed E-state index contributed by atoms with van der Waals surface area (Å²) in [6.45, 7) is 1.94. The third-order valence-corrected chi connectivity index (χ3v) is 3.52. The molecule has 0 saturated heterocycles. The number of fused-ring (bicyclic) bond motifs is 1. The van der Waals surface area contributed by atoms with E-state index in [1.54, 1.807) is 12.3 Å². The van der Waals surface area contributed by atoms with E-state index in [0.717, 1.165) is 31.7 Å². The van der Waals surface area contributed by atoms with Crippen molar-refractivity contribution >= 4 is 5.82 Å². The average Bonchev–Trinajstić information content (AvgIpc) is 2.93. The summed E-state index contributed by atoms with van der Waals surface area (Å²) in [6, 6.07) is 5.70. The van der Waals surface area contributed by atoms with Crippen molar-refractivity contribution in [3.63, 3.8) is 0 Å². The van der Waals surface area contributed by atoms with Crippen molar-refractivity contribution in [2.24, 2.45) is 5.92 Å². The van der Waals surface area contributed by atoms with E-state index in [9.17, 15) is 0 Å². The molecule has 1 aliphatic heterocycles. The van der Waals surface area contributed by atoms with Crippen LogP contribution in [0.2, 0.25) is 0 Å². The minimum atomic E-state index is 0.588. The van der Waals surface area contributed by atoms with Crippen LogP contribution in [0.15, 0.2) is 30.7 Å². The molecule has 0 saturated carbocycles. The van der Waals surface area contributed by atoms with Crippen LogP contribution in [-0.2, 0) is 13.0 Å². The molecule has 3 rings (SSSR count). The summed E-state index contributed by atoms with van der Waals surface area (Å²) in [4.78, 5) is 8.58. The molecule has 0 aliphatic carbocycles. The first-order valence-corrected chi connectivity index (χ1v) is 6.45. The van der Waals surface area contributed by atoms with Crippen LogP contribution in [0.4, 0.5) is 5.82 Å². The largest absolute Gasteiger partial charge is 0.370 e. The minimum absolute atomic E-state index is 0.588. The van der Waals surface area contributed by atoms with Crippen LogP contribution in [0, 0.1) is 17.2 Å². The van der Waals surface area contributed by atoms with Crippen molar-refractivity contribution in [3.8, 4) is 6.07 Å². The molecule has 3 heterocycles. The smallest absolute Gasteiger partial charge is 0.125 e. The lowest BCUT2D eigenvalue weighted by molar-refractivity contribution is 0.397.